The molecule has 26 heavy (non-hydrogen) atoms. The Bertz CT molecular complexity index is 769. The highest BCUT2D eigenvalue weighted by Gasteiger charge is 2.30. The van der Waals surface area contributed by atoms with E-state index in [0.29, 0.717) is 12.3 Å². The van der Waals surface area contributed by atoms with E-state index in [1.807, 2.05) is 49.8 Å². The van der Waals surface area contributed by atoms with E-state index >= 15 is 0 Å². The van der Waals surface area contributed by atoms with Crippen LogP contribution in [-0.2, 0) is 0 Å². The van der Waals surface area contributed by atoms with Crippen molar-refractivity contribution < 1.29 is 9.32 Å². The zero-order chi connectivity index (χ0) is 18.7. The third-order valence-corrected chi connectivity index (χ3v) is 4.94. The van der Waals surface area contributed by atoms with Crippen molar-refractivity contribution in [3.8, 4) is 11.3 Å². The molecular weight excluding hydrogens is 330 g/mol. The van der Waals surface area contributed by atoms with Crippen molar-refractivity contribution >= 4 is 6.03 Å². The lowest BCUT2D eigenvalue weighted by molar-refractivity contribution is 0.142. The number of piperidine rings is 1. The van der Waals surface area contributed by atoms with Gasteiger partial charge in [0.2, 0.25) is 0 Å². The zero-order valence-electron chi connectivity index (χ0n) is 16.0. The third-order valence-electron chi connectivity index (χ3n) is 4.94. The molecule has 0 bridgehead atoms. The second-order valence-electron chi connectivity index (χ2n) is 6.79. The number of carbonyl (C=O) groups is 1. The van der Waals surface area contributed by atoms with Crippen molar-refractivity contribution in [2.24, 2.45) is 0 Å². The van der Waals surface area contributed by atoms with Gasteiger partial charge in [0.1, 0.15) is 5.82 Å². The number of rotatable bonds is 4. The Kier molecular flexibility index (Phi) is 5.54. The fourth-order valence-corrected chi connectivity index (χ4v) is 3.55. The van der Waals surface area contributed by atoms with E-state index in [9.17, 15) is 4.79 Å². The lowest BCUT2D eigenvalue weighted by Gasteiger charge is -2.36. The number of hydrogen-bond donors (Lipinski definition) is 0. The molecular formula is C19H27N5O2. The molecule has 3 rings (SSSR count). The van der Waals surface area contributed by atoms with Crippen LogP contribution in [0.15, 0.2) is 16.8 Å². The van der Waals surface area contributed by atoms with Crippen LogP contribution in [-0.4, -0.2) is 57.1 Å². The van der Waals surface area contributed by atoms with E-state index in [4.69, 9.17) is 9.51 Å². The maximum absolute atomic E-state index is 12.8. The summed E-state index contributed by atoms with van der Waals surface area (Å²) in [6.07, 6.45) is 3.77. The summed E-state index contributed by atoms with van der Waals surface area (Å²) in [6, 6.07) is 2.02. The van der Waals surface area contributed by atoms with Gasteiger partial charge in [-0.1, -0.05) is 5.16 Å². The molecule has 2 aromatic heterocycles. The molecule has 0 saturated carbocycles. The number of nitrogens with zero attached hydrogens (tertiary/aromatic N) is 5. The number of carbonyl (C=O) groups excluding carboxylic acids is 1. The molecule has 1 fully saturated rings. The van der Waals surface area contributed by atoms with Crippen LogP contribution in [0.4, 0.5) is 4.79 Å². The molecule has 2 amide bonds. The van der Waals surface area contributed by atoms with Gasteiger partial charge in [0.15, 0.2) is 5.76 Å². The number of aromatic nitrogens is 3. The van der Waals surface area contributed by atoms with E-state index < -0.39 is 0 Å². The third kappa shape index (κ3) is 3.71. The van der Waals surface area contributed by atoms with Crippen LogP contribution in [0.25, 0.3) is 11.3 Å². The number of urea groups is 1. The molecule has 1 atom stereocenters. The molecule has 3 heterocycles. The average molecular weight is 357 g/mol. The summed E-state index contributed by atoms with van der Waals surface area (Å²) in [7, 11) is 0. The first kappa shape index (κ1) is 18.4. The topological polar surface area (TPSA) is 75.4 Å². The maximum Gasteiger partial charge on any atom is 0.319 e. The Morgan fingerprint density at radius 2 is 2.12 bits per heavy atom. The number of hydrogen-bond acceptors (Lipinski definition) is 5. The van der Waals surface area contributed by atoms with Crippen LogP contribution in [0.3, 0.4) is 0 Å². The van der Waals surface area contributed by atoms with Crippen LogP contribution in [0.1, 0.15) is 49.8 Å². The van der Waals surface area contributed by atoms with Crippen LogP contribution >= 0.6 is 0 Å². The number of amides is 2. The molecule has 7 heteroatoms. The molecule has 0 spiro atoms. The minimum atomic E-state index is 0.113. The van der Waals surface area contributed by atoms with Crippen LogP contribution in [0.2, 0.25) is 0 Å². The first-order valence-electron chi connectivity index (χ1n) is 9.34. The summed E-state index contributed by atoms with van der Waals surface area (Å²) in [6.45, 7) is 10.7. The fraction of sp³-hybridized carbons (Fsp3) is 0.579. The SMILES string of the molecule is CCN(CC)C(=O)N1CCC[C@H](c2nc(C)ncc2-c2cc(C)no2)C1. The van der Waals surface area contributed by atoms with Gasteiger partial charge >= 0.3 is 6.03 Å². The van der Waals surface area contributed by atoms with E-state index in [2.05, 4.69) is 10.1 Å². The van der Waals surface area contributed by atoms with Gasteiger partial charge < -0.3 is 14.3 Å². The molecule has 0 unspecified atom stereocenters. The van der Waals surface area contributed by atoms with Crippen LogP contribution in [0.5, 0.6) is 0 Å². The quantitative estimate of drug-likeness (QED) is 0.838. The Balaban J connectivity index is 1.88. The van der Waals surface area contributed by atoms with E-state index in [-0.39, 0.29) is 11.9 Å². The summed E-state index contributed by atoms with van der Waals surface area (Å²) in [5.41, 5.74) is 2.65. The zero-order valence-corrected chi connectivity index (χ0v) is 16.0. The highest BCUT2D eigenvalue weighted by Crippen LogP contribution is 2.33. The summed E-state index contributed by atoms with van der Waals surface area (Å²) in [5.74, 6) is 1.59. The lowest BCUT2D eigenvalue weighted by atomic mass is 9.91. The van der Waals surface area contributed by atoms with Gasteiger partial charge in [0, 0.05) is 44.4 Å². The molecule has 2 aromatic rings. The van der Waals surface area contributed by atoms with Gasteiger partial charge in [-0.25, -0.2) is 14.8 Å². The molecule has 0 aliphatic carbocycles. The standard InChI is InChI=1S/C19H27N5O2/c1-5-23(6-2)19(25)24-9-7-8-15(12-24)18-16(11-20-14(4)21-18)17-10-13(3)22-26-17/h10-11,15H,5-9,12H2,1-4H3/t15-/m0/s1. The van der Waals surface area contributed by atoms with Crippen molar-refractivity contribution in [3.05, 3.63) is 29.5 Å². The Labute approximate surface area is 154 Å². The van der Waals surface area contributed by atoms with Crippen LogP contribution in [0, 0.1) is 13.8 Å². The van der Waals surface area contributed by atoms with Crippen molar-refractivity contribution in [2.45, 2.75) is 46.5 Å². The highest BCUT2D eigenvalue weighted by atomic mass is 16.5. The smallest absolute Gasteiger partial charge is 0.319 e. The Morgan fingerprint density at radius 3 is 2.77 bits per heavy atom. The molecule has 7 nitrogen and oxygen atoms in total. The molecule has 140 valence electrons. The van der Waals surface area contributed by atoms with Gasteiger partial charge in [0.25, 0.3) is 0 Å². The van der Waals surface area contributed by atoms with E-state index in [1.165, 1.54) is 0 Å². The monoisotopic (exact) mass is 357 g/mol. The van der Waals surface area contributed by atoms with Crippen LogP contribution < -0.4 is 0 Å². The molecule has 0 aromatic carbocycles. The molecule has 1 aliphatic heterocycles. The van der Waals surface area contributed by atoms with Crippen molar-refractivity contribution in [2.75, 3.05) is 26.2 Å². The minimum Gasteiger partial charge on any atom is -0.356 e. The predicted molar refractivity (Wildman–Crippen MR) is 98.9 cm³/mol. The minimum absolute atomic E-state index is 0.113. The Morgan fingerprint density at radius 1 is 1.35 bits per heavy atom. The van der Waals surface area contributed by atoms with Gasteiger partial charge in [-0.15, -0.1) is 0 Å². The Hall–Kier alpha value is -2.44. The largest absolute Gasteiger partial charge is 0.356 e. The van der Waals surface area contributed by atoms with Gasteiger partial charge in [-0.2, -0.15) is 0 Å². The van der Waals surface area contributed by atoms with Crippen molar-refractivity contribution in [1.29, 1.82) is 0 Å². The highest BCUT2D eigenvalue weighted by molar-refractivity contribution is 5.74. The molecule has 1 saturated heterocycles. The normalized spacial score (nSPS) is 17.4. The average Bonchev–Trinajstić information content (AvgIpc) is 3.09. The maximum atomic E-state index is 12.8. The summed E-state index contributed by atoms with van der Waals surface area (Å²) in [5, 5.41) is 3.99. The molecule has 0 N–H and O–H groups in total. The van der Waals surface area contributed by atoms with Crippen molar-refractivity contribution in [1.82, 2.24) is 24.9 Å². The summed E-state index contributed by atoms with van der Waals surface area (Å²) < 4.78 is 5.45. The molecule has 0 radical (unpaired) electrons. The number of aryl methyl sites for hydroxylation is 2. The van der Waals surface area contributed by atoms with E-state index in [1.54, 1.807) is 0 Å². The predicted octanol–water partition coefficient (Wildman–Crippen LogP) is 3.39. The first-order valence-corrected chi connectivity index (χ1v) is 9.34. The second kappa shape index (κ2) is 7.85. The second-order valence-corrected chi connectivity index (χ2v) is 6.79. The summed E-state index contributed by atoms with van der Waals surface area (Å²) in [4.78, 5) is 25.6. The fourth-order valence-electron chi connectivity index (χ4n) is 3.55. The molecule has 1 aliphatic rings. The van der Waals surface area contributed by atoms with Crippen molar-refractivity contribution in [3.63, 3.8) is 0 Å². The van der Waals surface area contributed by atoms with E-state index in [0.717, 1.165) is 55.3 Å². The van der Waals surface area contributed by atoms with Gasteiger partial charge in [0.05, 0.1) is 17.0 Å². The van der Waals surface area contributed by atoms with Gasteiger partial charge in [-0.05, 0) is 40.5 Å². The first-order chi connectivity index (χ1) is 12.5. The summed E-state index contributed by atoms with van der Waals surface area (Å²) >= 11 is 0. The van der Waals surface area contributed by atoms with Gasteiger partial charge in [-0.3, -0.25) is 0 Å². The lowest BCUT2D eigenvalue weighted by Crippen LogP contribution is -2.47. The number of likely N-dealkylation sites (tertiary alicyclic amines) is 1.